The van der Waals surface area contributed by atoms with Crippen LogP contribution < -0.4 is 9.46 Å². The van der Waals surface area contributed by atoms with Crippen molar-refractivity contribution in [2.75, 3.05) is 26.0 Å². The highest BCUT2D eigenvalue weighted by Crippen LogP contribution is 2.38. The summed E-state index contributed by atoms with van der Waals surface area (Å²) in [7, 11) is -3.37. The Balaban J connectivity index is 1.61. The van der Waals surface area contributed by atoms with Crippen LogP contribution in [0.1, 0.15) is 50.0 Å². The van der Waals surface area contributed by atoms with Crippen molar-refractivity contribution >= 4 is 15.9 Å². The molecule has 4 aliphatic rings. The van der Waals surface area contributed by atoms with E-state index in [0.717, 1.165) is 44.1 Å². The minimum Gasteiger partial charge on any atom is -0.483 e. The number of rotatable bonds is 2. The van der Waals surface area contributed by atoms with Gasteiger partial charge >= 0.3 is 0 Å². The minimum absolute atomic E-state index is 0.0464. The van der Waals surface area contributed by atoms with Crippen LogP contribution in [-0.2, 0) is 19.6 Å². The van der Waals surface area contributed by atoms with Gasteiger partial charge in [-0.1, -0.05) is 18.2 Å². The predicted octanol–water partition coefficient (Wildman–Crippen LogP) is 2.03. The van der Waals surface area contributed by atoms with Gasteiger partial charge in [0.1, 0.15) is 5.75 Å². The first-order valence-corrected chi connectivity index (χ1v) is 12.4. The third kappa shape index (κ3) is 4.92. The molecule has 2 bridgehead atoms. The van der Waals surface area contributed by atoms with Gasteiger partial charge in [-0.15, -0.1) is 0 Å². The van der Waals surface area contributed by atoms with Gasteiger partial charge in [-0.2, -0.15) is 0 Å². The first kappa shape index (κ1) is 20.6. The maximum atomic E-state index is 13.0. The number of ether oxygens (including phenoxy) is 2. The number of para-hydroxylation sites is 1. The van der Waals surface area contributed by atoms with Gasteiger partial charge in [0, 0.05) is 12.6 Å². The van der Waals surface area contributed by atoms with Crippen molar-refractivity contribution in [2.45, 2.75) is 62.6 Å². The Morgan fingerprint density at radius 1 is 1.10 bits per heavy atom. The molecule has 0 aromatic heterocycles. The number of fused-ring (bicyclic) bond motifs is 5. The van der Waals surface area contributed by atoms with Crippen molar-refractivity contribution in [3.8, 4) is 5.75 Å². The van der Waals surface area contributed by atoms with Crippen LogP contribution in [0.3, 0.4) is 0 Å². The molecule has 1 aliphatic carbocycles. The van der Waals surface area contributed by atoms with E-state index in [1.165, 1.54) is 5.56 Å². The van der Waals surface area contributed by atoms with Crippen molar-refractivity contribution in [3.05, 3.63) is 29.8 Å². The van der Waals surface area contributed by atoms with Crippen LogP contribution in [0.2, 0.25) is 0 Å². The highest BCUT2D eigenvalue weighted by Gasteiger charge is 2.37. The molecule has 3 aliphatic heterocycles. The number of amides is 1. The number of nitrogens with one attached hydrogen (secondary N) is 1. The molecule has 1 N–H and O–H groups in total. The van der Waals surface area contributed by atoms with E-state index in [-0.39, 0.29) is 30.7 Å². The summed E-state index contributed by atoms with van der Waals surface area (Å²) in [4.78, 5) is 14.8. The topological polar surface area (TPSA) is 84.9 Å². The first-order valence-electron chi connectivity index (χ1n) is 10.5. The Hall–Kier alpha value is -1.64. The fourth-order valence-corrected chi connectivity index (χ4v) is 5.76. The molecule has 160 valence electrons. The van der Waals surface area contributed by atoms with Crippen LogP contribution in [0.5, 0.6) is 5.75 Å². The van der Waals surface area contributed by atoms with Crippen LogP contribution in [-0.4, -0.2) is 63.4 Å². The first-order chi connectivity index (χ1) is 13.9. The van der Waals surface area contributed by atoms with Gasteiger partial charge in [0.25, 0.3) is 5.91 Å². The standard InChI is InChI=1S/C21H30N2O5S/c1-29(25,26)22-18-6-4-12-23-19(18)13-27-16-10-8-15(9-11-16)17-5-2-3-7-20(17)28-14-21(23)24/h2-3,5,7,15-16,18-19,22H,4,6,8-14H2,1H3/t15?,16?,18-,19?/m0/s1. The third-order valence-electron chi connectivity index (χ3n) is 6.35. The van der Waals surface area contributed by atoms with Crippen LogP contribution in [0.4, 0.5) is 0 Å². The lowest BCUT2D eigenvalue weighted by molar-refractivity contribution is -0.140. The second kappa shape index (κ2) is 8.62. The average Bonchev–Trinajstić information content (AvgIpc) is 2.71. The fraction of sp³-hybridized carbons (Fsp3) is 0.667. The Labute approximate surface area is 172 Å². The van der Waals surface area contributed by atoms with Crippen molar-refractivity contribution in [1.29, 1.82) is 0 Å². The van der Waals surface area contributed by atoms with Crippen LogP contribution >= 0.6 is 0 Å². The lowest BCUT2D eigenvalue weighted by Gasteiger charge is -2.41. The normalized spacial score (nSPS) is 30.9. The number of hydrogen-bond donors (Lipinski definition) is 1. The molecule has 7 nitrogen and oxygen atoms in total. The quantitative estimate of drug-likeness (QED) is 0.788. The summed E-state index contributed by atoms with van der Waals surface area (Å²) < 4.78 is 38.6. The Kier molecular flexibility index (Phi) is 6.13. The maximum absolute atomic E-state index is 13.0. The molecular formula is C21H30N2O5S. The van der Waals surface area contributed by atoms with E-state index < -0.39 is 10.0 Å². The molecule has 2 fully saturated rings. The lowest BCUT2D eigenvalue weighted by Crippen LogP contribution is -2.59. The highest BCUT2D eigenvalue weighted by molar-refractivity contribution is 7.88. The van der Waals surface area contributed by atoms with E-state index in [1.807, 2.05) is 18.2 Å². The Morgan fingerprint density at radius 3 is 2.62 bits per heavy atom. The molecule has 3 heterocycles. The SMILES string of the molecule is CS(=O)(=O)N[C@H]1CCCN2C(=O)COc3ccccc3C3CCC(CC3)OCC12. The molecule has 1 aromatic carbocycles. The lowest BCUT2D eigenvalue weighted by atomic mass is 9.82. The van der Waals surface area contributed by atoms with E-state index in [2.05, 4.69) is 10.8 Å². The highest BCUT2D eigenvalue weighted by atomic mass is 32.2. The Morgan fingerprint density at radius 2 is 1.86 bits per heavy atom. The van der Waals surface area contributed by atoms with E-state index in [0.29, 0.717) is 25.5 Å². The van der Waals surface area contributed by atoms with Crippen LogP contribution in [0.15, 0.2) is 24.3 Å². The smallest absolute Gasteiger partial charge is 0.260 e. The molecule has 1 aromatic rings. The molecule has 1 saturated carbocycles. The van der Waals surface area contributed by atoms with E-state index in [9.17, 15) is 13.2 Å². The van der Waals surface area contributed by atoms with Gasteiger partial charge in [-0.3, -0.25) is 4.79 Å². The second-order valence-electron chi connectivity index (χ2n) is 8.43. The van der Waals surface area contributed by atoms with E-state index in [4.69, 9.17) is 9.47 Å². The van der Waals surface area contributed by atoms with Crippen molar-refractivity contribution < 1.29 is 22.7 Å². The molecule has 29 heavy (non-hydrogen) atoms. The van der Waals surface area contributed by atoms with Gasteiger partial charge in [0.05, 0.1) is 25.0 Å². The van der Waals surface area contributed by atoms with Crippen LogP contribution in [0.25, 0.3) is 0 Å². The number of nitrogens with zero attached hydrogens (tertiary/aromatic N) is 1. The number of carbonyl (C=O) groups excluding carboxylic acids is 1. The molecule has 5 rings (SSSR count). The zero-order chi connectivity index (χ0) is 20.4. The van der Waals surface area contributed by atoms with Gasteiger partial charge in [-0.25, -0.2) is 13.1 Å². The molecular weight excluding hydrogens is 392 g/mol. The number of carbonyl (C=O) groups is 1. The van der Waals surface area contributed by atoms with Crippen LogP contribution in [0, 0.1) is 0 Å². The molecule has 0 spiro atoms. The third-order valence-corrected chi connectivity index (χ3v) is 7.08. The van der Waals surface area contributed by atoms with Gasteiger partial charge < -0.3 is 14.4 Å². The Bertz CT molecular complexity index is 835. The van der Waals surface area contributed by atoms with Gasteiger partial charge in [-0.05, 0) is 56.1 Å². The van der Waals surface area contributed by atoms with Gasteiger partial charge in [0.2, 0.25) is 10.0 Å². The predicted molar refractivity (Wildman–Crippen MR) is 109 cm³/mol. The molecule has 0 radical (unpaired) electrons. The van der Waals surface area contributed by atoms with Gasteiger partial charge in [0.15, 0.2) is 6.61 Å². The summed E-state index contributed by atoms with van der Waals surface area (Å²) in [5, 5.41) is 0. The summed E-state index contributed by atoms with van der Waals surface area (Å²) in [6, 6.07) is 7.34. The number of benzene rings is 1. The average molecular weight is 423 g/mol. The zero-order valence-electron chi connectivity index (χ0n) is 16.9. The van der Waals surface area contributed by atoms with Crippen molar-refractivity contribution in [2.24, 2.45) is 0 Å². The molecule has 1 saturated heterocycles. The monoisotopic (exact) mass is 422 g/mol. The molecule has 1 amide bonds. The summed E-state index contributed by atoms with van der Waals surface area (Å²) in [6.45, 7) is 0.892. The molecule has 1 unspecified atom stereocenters. The van der Waals surface area contributed by atoms with E-state index >= 15 is 0 Å². The minimum atomic E-state index is -3.37. The van der Waals surface area contributed by atoms with E-state index in [1.54, 1.807) is 4.90 Å². The summed E-state index contributed by atoms with van der Waals surface area (Å²) in [5.74, 6) is 1.08. The zero-order valence-corrected chi connectivity index (χ0v) is 17.7. The van der Waals surface area contributed by atoms with Crippen molar-refractivity contribution in [3.63, 3.8) is 0 Å². The largest absolute Gasteiger partial charge is 0.483 e. The second-order valence-corrected chi connectivity index (χ2v) is 10.2. The van der Waals surface area contributed by atoms with Crippen molar-refractivity contribution in [1.82, 2.24) is 9.62 Å². The summed E-state index contributed by atoms with van der Waals surface area (Å²) in [6.07, 6.45) is 6.73. The molecule has 8 heteroatoms. The number of hydrogen-bond acceptors (Lipinski definition) is 5. The number of sulfonamides is 1. The maximum Gasteiger partial charge on any atom is 0.260 e. The number of piperidine rings is 1. The summed E-state index contributed by atoms with van der Waals surface area (Å²) >= 11 is 0. The fourth-order valence-electron chi connectivity index (χ4n) is 4.93. The summed E-state index contributed by atoms with van der Waals surface area (Å²) in [5.41, 5.74) is 1.17. The molecule has 2 atom stereocenters.